The molecule has 3 N–H and O–H groups in total. The first-order valence-electron chi connectivity index (χ1n) is 5.96. The second-order valence-corrected chi connectivity index (χ2v) is 5.06. The second-order valence-electron chi connectivity index (χ2n) is 5.06. The van der Waals surface area contributed by atoms with E-state index in [0.29, 0.717) is 19.0 Å². The Morgan fingerprint density at radius 2 is 2.11 bits per heavy atom. The zero-order valence-corrected chi connectivity index (χ0v) is 11.8. The minimum Gasteiger partial charge on any atom is -0.387 e. The van der Waals surface area contributed by atoms with Gasteiger partial charge < -0.3 is 20.6 Å². The van der Waals surface area contributed by atoms with Gasteiger partial charge in [0.15, 0.2) is 0 Å². The van der Waals surface area contributed by atoms with Crippen LogP contribution in [-0.2, 0) is 0 Å². The molecule has 6 heteroatoms. The van der Waals surface area contributed by atoms with Gasteiger partial charge in [-0.15, -0.1) is 0 Å². The maximum absolute atomic E-state index is 10.2. The molecule has 0 aliphatic carbocycles. The van der Waals surface area contributed by atoms with Crippen LogP contribution in [0.1, 0.15) is 12.5 Å². The predicted octanol–water partition coefficient (Wildman–Crippen LogP) is 0.551. The van der Waals surface area contributed by atoms with E-state index in [0.717, 1.165) is 11.4 Å². The molecule has 0 fully saturated rings. The molecular formula is C12H23N5O. The number of aliphatic hydroxyl groups is 1. The maximum atomic E-state index is 10.2. The number of nitrogens with zero attached hydrogens (tertiary/aromatic N) is 3. The zero-order valence-electron chi connectivity index (χ0n) is 11.8. The Kier molecular flexibility index (Phi) is 4.86. The summed E-state index contributed by atoms with van der Waals surface area (Å²) in [6, 6.07) is 0. The minimum absolute atomic E-state index is 0.437. The molecule has 0 saturated heterocycles. The molecule has 0 amide bonds. The summed E-state index contributed by atoms with van der Waals surface area (Å²) < 4.78 is 0. The highest BCUT2D eigenvalue weighted by molar-refractivity contribution is 5.46. The van der Waals surface area contributed by atoms with Gasteiger partial charge in [-0.1, -0.05) is 0 Å². The molecule has 0 aliphatic rings. The van der Waals surface area contributed by atoms with Crippen LogP contribution in [0.15, 0.2) is 6.20 Å². The lowest BCUT2D eigenvalue weighted by atomic mass is 10.1. The first-order valence-corrected chi connectivity index (χ1v) is 5.96. The first kappa shape index (κ1) is 14.7. The Morgan fingerprint density at radius 1 is 1.44 bits per heavy atom. The first-order chi connectivity index (χ1) is 8.34. The largest absolute Gasteiger partial charge is 0.387 e. The van der Waals surface area contributed by atoms with Crippen LogP contribution in [0.4, 0.5) is 11.8 Å². The molecule has 1 aromatic heterocycles. The molecule has 0 aliphatic heterocycles. The minimum atomic E-state index is -0.805. The third-order valence-corrected chi connectivity index (χ3v) is 2.49. The molecule has 1 rings (SSSR count). The van der Waals surface area contributed by atoms with E-state index in [-0.39, 0.29) is 0 Å². The van der Waals surface area contributed by atoms with Crippen LogP contribution in [-0.4, -0.2) is 59.8 Å². The van der Waals surface area contributed by atoms with Crippen LogP contribution in [0, 0.1) is 6.92 Å². The lowest BCUT2D eigenvalue weighted by molar-refractivity contribution is 0.0459. The van der Waals surface area contributed by atoms with E-state index in [4.69, 9.17) is 0 Å². The summed E-state index contributed by atoms with van der Waals surface area (Å²) >= 11 is 0. The number of aryl methyl sites for hydroxylation is 1. The Morgan fingerprint density at radius 3 is 2.67 bits per heavy atom. The summed E-state index contributed by atoms with van der Waals surface area (Å²) in [6.45, 7) is 4.76. The average Bonchev–Trinajstić information content (AvgIpc) is 2.26. The van der Waals surface area contributed by atoms with Crippen molar-refractivity contribution >= 4 is 11.8 Å². The van der Waals surface area contributed by atoms with E-state index in [1.807, 2.05) is 25.9 Å². The molecule has 1 unspecified atom stereocenters. The van der Waals surface area contributed by atoms with Crippen LogP contribution in [0.5, 0.6) is 0 Å². The van der Waals surface area contributed by atoms with Crippen molar-refractivity contribution < 1.29 is 5.11 Å². The monoisotopic (exact) mass is 253 g/mol. The molecule has 0 bridgehead atoms. The van der Waals surface area contributed by atoms with Gasteiger partial charge in [0.1, 0.15) is 5.82 Å². The smallest absolute Gasteiger partial charge is 0.224 e. The van der Waals surface area contributed by atoms with Gasteiger partial charge in [-0.25, -0.2) is 4.98 Å². The van der Waals surface area contributed by atoms with Crippen molar-refractivity contribution in [2.45, 2.75) is 19.4 Å². The summed E-state index contributed by atoms with van der Waals surface area (Å²) in [5.74, 6) is 1.31. The predicted molar refractivity (Wildman–Crippen MR) is 74.0 cm³/mol. The summed E-state index contributed by atoms with van der Waals surface area (Å²) in [4.78, 5) is 10.4. The lowest BCUT2D eigenvalue weighted by Gasteiger charge is -2.27. The standard InChI is InChI=1S/C12H23N5O/c1-9-6-14-11(13-3)16-10(9)15-7-12(2,18)8-17(4)5/h6,18H,7-8H2,1-5H3,(H2,13,14,15,16). The molecule has 18 heavy (non-hydrogen) atoms. The van der Waals surface area contributed by atoms with Crippen molar-refractivity contribution in [2.75, 3.05) is 44.9 Å². The number of anilines is 2. The fourth-order valence-corrected chi connectivity index (χ4v) is 1.75. The van der Waals surface area contributed by atoms with Gasteiger partial charge in [0, 0.05) is 31.9 Å². The summed E-state index contributed by atoms with van der Waals surface area (Å²) in [5, 5.41) is 16.3. The third kappa shape index (κ3) is 4.46. The number of nitrogens with one attached hydrogen (secondary N) is 2. The molecular weight excluding hydrogens is 230 g/mol. The van der Waals surface area contributed by atoms with Gasteiger partial charge in [0.2, 0.25) is 5.95 Å². The van der Waals surface area contributed by atoms with Crippen LogP contribution in [0.25, 0.3) is 0 Å². The normalized spacial score (nSPS) is 14.4. The maximum Gasteiger partial charge on any atom is 0.224 e. The topological polar surface area (TPSA) is 73.3 Å². The highest BCUT2D eigenvalue weighted by Gasteiger charge is 2.21. The van der Waals surface area contributed by atoms with Gasteiger partial charge in [-0.3, -0.25) is 0 Å². The van der Waals surface area contributed by atoms with Crippen molar-refractivity contribution in [3.8, 4) is 0 Å². The number of hydrogen-bond acceptors (Lipinski definition) is 6. The second kappa shape index (κ2) is 5.97. The molecule has 102 valence electrons. The molecule has 0 saturated carbocycles. The van der Waals surface area contributed by atoms with E-state index in [1.165, 1.54) is 0 Å². The number of rotatable bonds is 6. The molecule has 1 atom stereocenters. The fraction of sp³-hybridized carbons (Fsp3) is 0.667. The quantitative estimate of drug-likeness (QED) is 0.687. The van der Waals surface area contributed by atoms with Gasteiger partial charge in [-0.05, 0) is 27.9 Å². The van der Waals surface area contributed by atoms with Crippen molar-refractivity contribution in [3.05, 3.63) is 11.8 Å². The van der Waals surface area contributed by atoms with Gasteiger partial charge in [0.05, 0.1) is 5.60 Å². The fourth-order valence-electron chi connectivity index (χ4n) is 1.75. The van der Waals surface area contributed by atoms with E-state index in [9.17, 15) is 5.11 Å². The number of hydrogen-bond donors (Lipinski definition) is 3. The van der Waals surface area contributed by atoms with Crippen LogP contribution in [0.2, 0.25) is 0 Å². The van der Waals surface area contributed by atoms with E-state index in [2.05, 4.69) is 20.6 Å². The van der Waals surface area contributed by atoms with Crippen molar-refractivity contribution in [2.24, 2.45) is 0 Å². The number of aromatic nitrogens is 2. The molecule has 6 nitrogen and oxygen atoms in total. The highest BCUT2D eigenvalue weighted by Crippen LogP contribution is 2.14. The number of likely N-dealkylation sites (N-methyl/N-ethyl adjacent to an activating group) is 1. The average molecular weight is 253 g/mol. The Balaban J connectivity index is 2.67. The SMILES string of the molecule is CNc1ncc(C)c(NCC(C)(O)CN(C)C)n1. The Hall–Kier alpha value is -1.40. The highest BCUT2D eigenvalue weighted by atomic mass is 16.3. The van der Waals surface area contributed by atoms with Gasteiger partial charge >= 0.3 is 0 Å². The Labute approximate surface area is 108 Å². The summed E-state index contributed by atoms with van der Waals surface area (Å²) in [5.41, 5.74) is 0.149. The summed E-state index contributed by atoms with van der Waals surface area (Å²) in [7, 11) is 5.64. The van der Waals surface area contributed by atoms with Crippen LogP contribution < -0.4 is 10.6 Å². The van der Waals surface area contributed by atoms with Gasteiger partial charge in [0.25, 0.3) is 0 Å². The van der Waals surface area contributed by atoms with Crippen molar-refractivity contribution in [3.63, 3.8) is 0 Å². The molecule has 1 aromatic rings. The zero-order chi connectivity index (χ0) is 13.8. The third-order valence-electron chi connectivity index (χ3n) is 2.49. The molecule has 0 spiro atoms. The van der Waals surface area contributed by atoms with E-state index >= 15 is 0 Å². The van der Waals surface area contributed by atoms with Crippen LogP contribution in [0.3, 0.4) is 0 Å². The Bertz CT molecular complexity index is 392. The van der Waals surface area contributed by atoms with Gasteiger partial charge in [-0.2, -0.15) is 4.98 Å². The summed E-state index contributed by atoms with van der Waals surface area (Å²) in [6.07, 6.45) is 1.75. The van der Waals surface area contributed by atoms with E-state index < -0.39 is 5.60 Å². The van der Waals surface area contributed by atoms with E-state index in [1.54, 1.807) is 20.2 Å². The van der Waals surface area contributed by atoms with Crippen LogP contribution >= 0.6 is 0 Å². The van der Waals surface area contributed by atoms with Crippen molar-refractivity contribution in [1.82, 2.24) is 14.9 Å². The molecule has 0 aromatic carbocycles. The molecule has 0 radical (unpaired) electrons. The molecule has 1 heterocycles. The van der Waals surface area contributed by atoms with Crippen molar-refractivity contribution in [1.29, 1.82) is 0 Å². The lowest BCUT2D eigenvalue weighted by Crippen LogP contribution is -2.43.